The maximum absolute atomic E-state index is 11.7. The van der Waals surface area contributed by atoms with E-state index < -0.39 is 5.54 Å². The fourth-order valence-corrected chi connectivity index (χ4v) is 2.45. The van der Waals surface area contributed by atoms with Crippen molar-refractivity contribution in [2.45, 2.75) is 24.8 Å². The number of hydrogen-bond donors (Lipinski definition) is 2. The fraction of sp³-hybridized carbons (Fsp3) is 0.500. The van der Waals surface area contributed by atoms with Crippen LogP contribution in [0.1, 0.15) is 18.4 Å². The van der Waals surface area contributed by atoms with Crippen molar-refractivity contribution in [1.29, 1.82) is 0 Å². The van der Waals surface area contributed by atoms with Gasteiger partial charge in [-0.1, -0.05) is 11.6 Å². The predicted octanol–water partition coefficient (Wildman–Crippen LogP) is 1.26. The normalized spacial score (nSPS) is 18.5. The van der Waals surface area contributed by atoms with Gasteiger partial charge in [0.25, 0.3) is 0 Å². The number of halogens is 1. The monoisotopic (exact) mass is 296 g/mol. The molecule has 5 nitrogen and oxygen atoms in total. The van der Waals surface area contributed by atoms with Gasteiger partial charge in [-0.25, -0.2) is 0 Å². The molecule has 1 heterocycles. The number of carbonyl (C=O) groups is 1. The zero-order chi connectivity index (χ0) is 14.2. The minimum Gasteiger partial charge on any atom is -0.486 e. The summed E-state index contributed by atoms with van der Waals surface area (Å²) >= 11 is 6.16. The molecule has 0 spiro atoms. The Morgan fingerprint density at radius 2 is 2.10 bits per heavy atom. The number of amides is 1. The molecular formula is C14H17ClN2O3. The van der Waals surface area contributed by atoms with Gasteiger partial charge in [0, 0.05) is 6.54 Å². The van der Waals surface area contributed by atoms with Crippen LogP contribution in [0.5, 0.6) is 11.5 Å². The molecule has 0 saturated heterocycles. The van der Waals surface area contributed by atoms with Crippen LogP contribution in [0.2, 0.25) is 5.02 Å². The van der Waals surface area contributed by atoms with Crippen LogP contribution in [0.3, 0.4) is 0 Å². The first-order valence-electron chi connectivity index (χ1n) is 6.74. The number of carbonyl (C=O) groups excluding carboxylic acids is 1. The maximum Gasteiger partial charge on any atom is 0.240 e. The van der Waals surface area contributed by atoms with E-state index in [0.29, 0.717) is 42.7 Å². The van der Waals surface area contributed by atoms with Gasteiger partial charge in [0.2, 0.25) is 5.91 Å². The third-order valence-corrected chi connectivity index (χ3v) is 3.88. The van der Waals surface area contributed by atoms with E-state index >= 15 is 0 Å². The number of ether oxygens (including phenoxy) is 2. The van der Waals surface area contributed by atoms with Crippen molar-refractivity contribution in [3.8, 4) is 11.5 Å². The lowest BCUT2D eigenvalue weighted by atomic mass is 10.1. The van der Waals surface area contributed by atoms with E-state index in [9.17, 15) is 4.79 Å². The Bertz CT molecular complexity index is 543. The Hall–Kier alpha value is -1.46. The second-order valence-corrected chi connectivity index (χ2v) is 5.67. The van der Waals surface area contributed by atoms with Crippen molar-refractivity contribution in [1.82, 2.24) is 5.32 Å². The first-order valence-corrected chi connectivity index (χ1v) is 7.11. The van der Waals surface area contributed by atoms with Gasteiger partial charge in [-0.15, -0.1) is 0 Å². The molecule has 1 aliphatic heterocycles. The lowest BCUT2D eigenvalue weighted by molar-refractivity contribution is -0.123. The van der Waals surface area contributed by atoms with Crippen molar-refractivity contribution < 1.29 is 14.3 Å². The Morgan fingerprint density at radius 3 is 2.85 bits per heavy atom. The van der Waals surface area contributed by atoms with Gasteiger partial charge in [0.1, 0.15) is 13.2 Å². The van der Waals surface area contributed by atoms with Gasteiger partial charge < -0.3 is 20.5 Å². The van der Waals surface area contributed by atoms with E-state index in [1.165, 1.54) is 0 Å². The van der Waals surface area contributed by atoms with Crippen LogP contribution in [0, 0.1) is 0 Å². The van der Waals surface area contributed by atoms with Gasteiger partial charge in [-0.2, -0.15) is 0 Å². The number of nitrogens with one attached hydrogen (secondary N) is 1. The maximum atomic E-state index is 11.7. The summed E-state index contributed by atoms with van der Waals surface area (Å²) < 4.78 is 11.0. The van der Waals surface area contributed by atoms with Crippen molar-refractivity contribution in [2.24, 2.45) is 5.73 Å². The quantitative estimate of drug-likeness (QED) is 0.877. The van der Waals surface area contributed by atoms with Crippen molar-refractivity contribution >= 4 is 17.5 Å². The second-order valence-electron chi connectivity index (χ2n) is 5.26. The van der Waals surface area contributed by atoms with Gasteiger partial charge >= 0.3 is 0 Å². The zero-order valence-electron chi connectivity index (χ0n) is 11.1. The number of nitrogens with two attached hydrogens (primary N) is 1. The summed E-state index contributed by atoms with van der Waals surface area (Å²) in [4.78, 5) is 11.7. The van der Waals surface area contributed by atoms with E-state index in [2.05, 4.69) is 5.32 Å². The Labute approximate surface area is 122 Å². The van der Waals surface area contributed by atoms with E-state index in [-0.39, 0.29) is 5.91 Å². The molecule has 2 aliphatic rings. The minimum atomic E-state index is -0.621. The lowest BCUT2D eigenvalue weighted by Gasteiger charge is -2.20. The highest BCUT2D eigenvalue weighted by atomic mass is 35.5. The average Bonchev–Trinajstić information content (AvgIpc) is 3.18. The highest BCUT2D eigenvalue weighted by molar-refractivity contribution is 6.32. The molecule has 6 heteroatoms. The summed E-state index contributed by atoms with van der Waals surface area (Å²) in [5.74, 6) is 1.20. The van der Waals surface area contributed by atoms with Crippen LogP contribution in [0.25, 0.3) is 0 Å². The SMILES string of the molecule is NC1(C(=O)NCCc2cc(Cl)c3c(c2)OCCO3)CC1. The molecule has 1 saturated carbocycles. The molecule has 0 radical (unpaired) electrons. The van der Waals surface area contributed by atoms with E-state index in [4.69, 9.17) is 26.8 Å². The summed E-state index contributed by atoms with van der Waals surface area (Å²) in [7, 11) is 0. The molecule has 0 unspecified atom stereocenters. The minimum absolute atomic E-state index is 0.0684. The molecule has 108 valence electrons. The molecule has 0 aromatic heterocycles. The number of benzene rings is 1. The van der Waals surface area contributed by atoms with Crippen molar-refractivity contribution in [3.63, 3.8) is 0 Å². The van der Waals surface area contributed by atoms with Crippen LogP contribution in [-0.2, 0) is 11.2 Å². The van der Waals surface area contributed by atoms with Gasteiger partial charge in [-0.3, -0.25) is 4.79 Å². The molecular weight excluding hydrogens is 280 g/mol. The predicted molar refractivity (Wildman–Crippen MR) is 75.3 cm³/mol. The fourth-order valence-electron chi connectivity index (χ4n) is 2.17. The summed E-state index contributed by atoms with van der Waals surface area (Å²) in [5, 5.41) is 3.40. The molecule has 0 atom stereocenters. The smallest absolute Gasteiger partial charge is 0.240 e. The van der Waals surface area contributed by atoms with Crippen LogP contribution in [0.15, 0.2) is 12.1 Å². The summed E-state index contributed by atoms with van der Waals surface area (Å²) in [6.07, 6.45) is 2.22. The number of fused-ring (bicyclic) bond motifs is 1. The standard InChI is InChI=1S/C14H17ClN2O3/c15-10-7-9(8-11-12(10)20-6-5-19-11)1-4-17-13(18)14(16)2-3-14/h7-8H,1-6,16H2,(H,17,18). The molecule has 3 rings (SSSR count). The van der Waals surface area contributed by atoms with Crippen LogP contribution in [-0.4, -0.2) is 31.2 Å². The van der Waals surface area contributed by atoms with Crippen molar-refractivity contribution in [2.75, 3.05) is 19.8 Å². The Balaban J connectivity index is 1.60. The third kappa shape index (κ3) is 2.69. The summed E-state index contributed by atoms with van der Waals surface area (Å²) in [6, 6.07) is 3.75. The molecule has 20 heavy (non-hydrogen) atoms. The Morgan fingerprint density at radius 1 is 1.35 bits per heavy atom. The Kier molecular flexibility index (Phi) is 3.48. The van der Waals surface area contributed by atoms with E-state index in [0.717, 1.165) is 18.4 Å². The second kappa shape index (κ2) is 5.14. The lowest BCUT2D eigenvalue weighted by Crippen LogP contribution is -2.43. The molecule has 1 aliphatic carbocycles. The largest absolute Gasteiger partial charge is 0.486 e. The van der Waals surface area contributed by atoms with Gasteiger partial charge in [-0.05, 0) is 37.0 Å². The first-order chi connectivity index (χ1) is 9.58. The topological polar surface area (TPSA) is 73.6 Å². The molecule has 1 fully saturated rings. The molecule has 1 aromatic carbocycles. The van der Waals surface area contributed by atoms with Gasteiger partial charge in [0.05, 0.1) is 10.6 Å². The first kappa shape index (κ1) is 13.5. The molecule has 1 amide bonds. The number of rotatable bonds is 4. The summed E-state index contributed by atoms with van der Waals surface area (Å²) in [6.45, 7) is 1.58. The van der Waals surface area contributed by atoms with Crippen molar-refractivity contribution in [3.05, 3.63) is 22.7 Å². The highest BCUT2D eigenvalue weighted by Gasteiger charge is 2.45. The molecule has 3 N–H and O–H groups in total. The van der Waals surface area contributed by atoms with Gasteiger partial charge in [0.15, 0.2) is 11.5 Å². The van der Waals surface area contributed by atoms with Crippen LogP contribution < -0.4 is 20.5 Å². The highest BCUT2D eigenvalue weighted by Crippen LogP contribution is 2.38. The number of hydrogen-bond acceptors (Lipinski definition) is 4. The average molecular weight is 297 g/mol. The zero-order valence-corrected chi connectivity index (χ0v) is 11.8. The molecule has 1 aromatic rings. The molecule has 0 bridgehead atoms. The van der Waals surface area contributed by atoms with Crippen LogP contribution >= 0.6 is 11.6 Å². The van der Waals surface area contributed by atoms with Crippen LogP contribution in [0.4, 0.5) is 0 Å². The summed E-state index contributed by atoms with van der Waals surface area (Å²) in [5.41, 5.74) is 6.20. The van der Waals surface area contributed by atoms with E-state index in [1.54, 1.807) is 0 Å². The third-order valence-electron chi connectivity index (χ3n) is 3.60. The van der Waals surface area contributed by atoms with E-state index in [1.807, 2.05) is 12.1 Å².